The van der Waals surface area contributed by atoms with E-state index in [2.05, 4.69) is 148 Å². The molecule has 0 N–H and O–H groups in total. The van der Waals surface area contributed by atoms with Gasteiger partial charge in [-0.05, 0) is 29.7 Å². The van der Waals surface area contributed by atoms with E-state index in [1.807, 2.05) is 0 Å². The summed E-state index contributed by atoms with van der Waals surface area (Å²) in [5, 5.41) is 0. The third-order valence-corrected chi connectivity index (χ3v) is 7.36. The van der Waals surface area contributed by atoms with Crippen LogP contribution in [0.4, 0.5) is 0 Å². The molecule has 192 valence electrons. The van der Waals surface area contributed by atoms with E-state index < -0.39 is 0 Å². The normalized spacial score (nSPS) is 11.2. The molecule has 1 heterocycles. The fourth-order valence-corrected chi connectivity index (χ4v) is 5.17. The zero-order valence-electron chi connectivity index (χ0n) is 21.9. The highest BCUT2D eigenvalue weighted by Gasteiger charge is 2.22. The maximum atomic E-state index is 5.31. The van der Waals surface area contributed by atoms with Crippen LogP contribution in [-0.2, 0) is 26.2 Å². The number of rotatable bonds is 11. The Morgan fingerprint density at radius 1 is 0.658 bits per heavy atom. The summed E-state index contributed by atoms with van der Waals surface area (Å²) in [5.74, 6) is 1.05. The first kappa shape index (κ1) is 26.1. The molecule has 0 aliphatic heterocycles. The molecule has 0 radical (unpaired) electrons. The van der Waals surface area contributed by atoms with Gasteiger partial charge >= 0.3 is 0 Å². The third-order valence-electron chi connectivity index (χ3n) is 6.83. The van der Waals surface area contributed by atoms with Crippen LogP contribution in [-0.4, -0.2) is 14.5 Å². The number of unbranched alkanes of at least 4 members (excludes halogenated alkanes) is 1. The molecule has 1 aromatic heterocycles. The van der Waals surface area contributed by atoms with Crippen molar-refractivity contribution >= 4 is 15.9 Å². The summed E-state index contributed by atoms with van der Waals surface area (Å²) >= 11 is 3.59. The minimum absolute atomic E-state index is 0.804. The van der Waals surface area contributed by atoms with Crippen molar-refractivity contribution < 1.29 is 0 Å². The van der Waals surface area contributed by atoms with Crippen LogP contribution in [0.25, 0.3) is 22.6 Å². The van der Waals surface area contributed by atoms with Gasteiger partial charge in [-0.15, -0.1) is 0 Å². The van der Waals surface area contributed by atoms with Crippen LogP contribution in [0.5, 0.6) is 0 Å². The van der Waals surface area contributed by atoms with Crippen molar-refractivity contribution in [2.75, 3.05) is 0 Å². The van der Waals surface area contributed by atoms with Crippen molar-refractivity contribution in [1.29, 1.82) is 0 Å². The highest BCUT2D eigenvalue weighted by Crippen LogP contribution is 2.31. The van der Waals surface area contributed by atoms with Gasteiger partial charge < -0.3 is 4.57 Å². The Hall–Kier alpha value is -3.47. The second-order valence-electron chi connectivity index (χ2n) is 9.73. The minimum Gasteiger partial charge on any atom is -0.326 e. The summed E-state index contributed by atoms with van der Waals surface area (Å²) in [6.45, 7) is 5.74. The Morgan fingerprint density at radius 2 is 1.21 bits per heavy atom. The van der Waals surface area contributed by atoms with Gasteiger partial charge in [0.15, 0.2) is 0 Å². The lowest BCUT2D eigenvalue weighted by Crippen LogP contribution is -2.24. The lowest BCUT2D eigenvalue weighted by molar-refractivity contribution is 0.241. The zero-order chi connectivity index (χ0) is 26.2. The molecule has 0 spiro atoms. The quantitative estimate of drug-likeness (QED) is 0.160. The van der Waals surface area contributed by atoms with Crippen molar-refractivity contribution in [2.45, 2.75) is 45.9 Å². The highest BCUT2D eigenvalue weighted by atomic mass is 79.9. The van der Waals surface area contributed by atoms with Gasteiger partial charge in [0, 0.05) is 41.8 Å². The molecule has 0 unspecified atom stereocenters. The van der Waals surface area contributed by atoms with Gasteiger partial charge in [0.2, 0.25) is 0 Å². The summed E-state index contributed by atoms with van der Waals surface area (Å²) in [4.78, 5) is 7.85. The molecule has 0 atom stereocenters. The molecule has 0 saturated carbocycles. The molecule has 0 fully saturated rings. The summed E-state index contributed by atoms with van der Waals surface area (Å²) in [7, 11) is 0. The van der Waals surface area contributed by atoms with E-state index in [0.29, 0.717) is 0 Å². The van der Waals surface area contributed by atoms with Gasteiger partial charge in [-0.2, -0.15) is 0 Å². The van der Waals surface area contributed by atoms with Gasteiger partial charge in [0.1, 0.15) is 5.82 Å². The monoisotopic (exact) mass is 563 g/mol. The molecule has 0 amide bonds. The number of hydrogen-bond acceptors (Lipinski definition) is 2. The molecule has 0 aliphatic carbocycles. The molecular formula is C34H34BrN3. The minimum atomic E-state index is 0.804. The predicted molar refractivity (Wildman–Crippen MR) is 162 cm³/mol. The van der Waals surface area contributed by atoms with E-state index in [0.717, 1.165) is 60.6 Å². The SMILES string of the molecule is CCCCn1c(-c2ccccc2)nc(-c2ccccc2)c1CN(Cc1ccccc1)Cc1ccc(Br)cc1. The summed E-state index contributed by atoms with van der Waals surface area (Å²) < 4.78 is 3.58. The first-order chi connectivity index (χ1) is 18.7. The second-order valence-corrected chi connectivity index (χ2v) is 10.6. The first-order valence-electron chi connectivity index (χ1n) is 13.4. The number of benzene rings is 4. The van der Waals surface area contributed by atoms with Gasteiger partial charge in [-0.3, -0.25) is 4.90 Å². The van der Waals surface area contributed by atoms with E-state index in [-0.39, 0.29) is 0 Å². The van der Waals surface area contributed by atoms with Crippen LogP contribution in [0, 0.1) is 0 Å². The Balaban J connectivity index is 1.60. The number of hydrogen-bond donors (Lipinski definition) is 0. The van der Waals surface area contributed by atoms with Crippen LogP contribution in [0.3, 0.4) is 0 Å². The largest absolute Gasteiger partial charge is 0.326 e. The van der Waals surface area contributed by atoms with Gasteiger partial charge in [-0.1, -0.05) is 132 Å². The smallest absolute Gasteiger partial charge is 0.140 e. The molecule has 5 aromatic rings. The molecule has 3 nitrogen and oxygen atoms in total. The average molecular weight is 565 g/mol. The fourth-order valence-electron chi connectivity index (χ4n) is 4.91. The molecule has 38 heavy (non-hydrogen) atoms. The Labute approximate surface area is 234 Å². The van der Waals surface area contributed by atoms with E-state index in [1.165, 1.54) is 22.4 Å². The highest BCUT2D eigenvalue weighted by molar-refractivity contribution is 9.10. The van der Waals surface area contributed by atoms with E-state index >= 15 is 0 Å². The molecular weight excluding hydrogens is 530 g/mol. The van der Waals surface area contributed by atoms with E-state index in [9.17, 15) is 0 Å². The lowest BCUT2D eigenvalue weighted by atomic mass is 10.1. The predicted octanol–water partition coefficient (Wildman–Crippen LogP) is 8.98. The van der Waals surface area contributed by atoms with Crippen molar-refractivity contribution in [2.24, 2.45) is 0 Å². The molecule has 5 rings (SSSR count). The lowest BCUT2D eigenvalue weighted by Gasteiger charge is -2.24. The molecule has 0 bridgehead atoms. The maximum Gasteiger partial charge on any atom is 0.140 e. The fraction of sp³-hybridized carbons (Fsp3) is 0.206. The summed E-state index contributed by atoms with van der Waals surface area (Å²) in [5.41, 5.74) is 7.29. The molecule has 4 heteroatoms. The number of nitrogens with zero attached hydrogens (tertiary/aromatic N) is 3. The van der Waals surface area contributed by atoms with Crippen molar-refractivity contribution in [3.8, 4) is 22.6 Å². The number of imidazole rings is 1. The topological polar surface area (TPSA) is 21.1 Å². The van der Waals surface area contributed by atoms with Crippen molar-refractivity contribution in [3.05, 3.63) is 137 Å². The van der Waals surface area contributed by atoms with Crippen LogP contribution in [0.2, 0.25) is 0 Å². The van der Waals surface area contributed by atoms with E-state index in [1.54, 1.807) is 0 Å². The van der Waals surface area contributed by atoms with Crippen molar-refractivity contribution in [3.63, 3.8) is 0 Å². The van der Waals surface area contributed by atoms with Crippen molar-refractivity contribution in [1.82, 2.24) is 14.5 Å². The van der Waals surface area contributed by atoms with Crippen LogP contribution in [0.15, 0.2) is 120 Å². The van der Waals surface area contributed by atoms with E-state index in [4.69, 9.17) is 4.98 Å². The standard InChI is InChI=1S/C34H34BrN3/c1-2-3-23-38-32(33(29-15-9-5-10-16-29)36-34(38)30-17-11-6-12-18-30)26-37(24-27-13-7-4-8-14-27)25-28-19-21-31(35)22-20-28/h4-22H,2-3,23-26H2,1H3. The average Bonchev–Trinajstić information content (AvgIpc) is 3.32. The Morgan fingerprint density at radius 3 is 1.82 bits per heavy atom. The molecule has 0 saturated heterocycles. The first-order valence-corrected chi connectivity index (χ1v) is 14.2. The molecule has 4 aromatic carbocycles. The Bertz CT molecular complexity index is 1410. The van der Waals surface area contributed by atoms with Gasteiger partial charge in [0.25, 0.3) is 0 Å². The van der Waals surface area contributed by atoms with Crippen LogP contribution < -0.4 is 0 Å². The summed E-state index contributed by atoms with van der Waals surface area (Å²) in [6.07, 6.45) is 2.25. The van der Waals surface area contributed by atoms with Gasteiger partial charge in [0.05, 0.1) is 11.4 Å². The maximum absolute atomic E-state index is 5.31. The van der Waals surface area contributed by atoms with Gasteiger partial charge in [-0.25, -0.2) is 4.98 Å². The second kappa shape index (κ2) is 12.9. The van der Waals surface area contributed by atoms with Crippen LogP contribution >= 0.6 is 15.9 Å². The summed E-state index contributed by atoms with van der Waals surface area (Å²) in [6, 6.07) is 40.7. The molecule has 0 aliphatic rings. The van der Waals surface area contributed by atoms with Crippen LogP contribution in [0.1, 0.15) is 36.6 Å². The Kier molecular flexibility index (Phi) is 8.85. The third kappa shape index (κ3) is 6.50. The number of halogens is 1. The zero-order valence-corrected chi connectivity index (χ0v) is 23.5. The number of aromatic nitrogens is 2.